The molecule has 2 aliphatic rings. The van der Waals surface area contributed by atoms with Crippen LogP contribution in [0.3, 0.4) is 0 Å². The Labute approximate surface area is 214 Å². The number of likely N-dealkylation sites (tertiary alicyclic amines) is 2. The fourth-order valence-electron chi connectivity index (χ4n) is 5.03. The van der Waals surface area contributed by atoms with Crippen LogP contribution in [0, 0.1) is 5.82 Å². The summed E-state index contributed by atoms with van der Waals surface area (Å²) in [6.07, 6.45) is 3.75. The number of amides is 4. The van der Waals surface area contributed by atoms with Crippen molar-refractivity contribution < 1.29 is 28.7 Å². The van der Waals surface area contributed by atoms with Crippen LogP contribution in [0.2, 0.25) is 0 Å². The van der Waals surface area contributed by atoms with Gasteiger partial charge in [-0.1, -0.05) is 12.1 Å². The molecule has 2 aromatic carbocycles. The summed E-state index contributed by atoms with van der Waals surface area (Å²) in [7, 11) is 0. The zero-order chi connectivity index (χ0) is 26.4. The maximum Gasteiger partial charge on any atom is 0.323 e. The summed E-state index contributed by atoms with van der Waals surface area (Å²) in [6, 6.07) is 10.9. The summed E-state index contributed by atoms with van der Waals surface area (Å²) in [5, 5.41) is 14.5. The topological polar surface area (TPSA) is 119 Å². The molecule has 37 heavy (non-hydrogen) atoms. The number of hydrogen-bond donors (Lipinski definition) is 3. The van der Waals surface area contributed by atoms with Crippen LogP contribution in [0.5, 0.6) is 0 Å². The van der Waals surface area contributed by atoms with Gasteiger partial charge in [-0.25, -0.2) is 9.18 Å². The number of nitrogens with zero attached hydrogens (tertiary/aromatic N) is 2. The predicted octanol–water partition coefficient (Wildman–Crippen LogP) is 3.86. The van der Waals surface area contributed by atoms with Crippen molar-refractivity contribution in [3.05, 3.63) is 59.9 Å². The largest absolute Gasteiger partial charge is 0.481 e. The summed E-state index contributed by atoms with van der Waals surface area (Å²) >= 11 is 0. The number of carboxylic acids is 1. The Hall–Kier alpha value is -3.95. The van der Waals surface area contributed by atoms with Crippen molar-refractivity contribution in [2.75, 3.05) is 23.7 Å². The van der Waals surface area contributed by atoms with E-state index in [1.807, 2.05) is 0 Å². The first-order valence-electron chi connectivity index (χ1n) is 12.5. The minimum atomic E-state index is -0.921. The number of hydrogen-bond acceptors (Lipinski definition) is 4. The van der Waals surface area contributed by atoms with E-state index in [9.17, 15) is 28.7 Å². The number of benzene rings is 2. The summed E-state index contributed by atoms with van der Waals surface area (Å²) < 4.78 is 13.0. The molecule has 0 spiro atoms. The van der Waals surface area contributed by atoms with Gasteiger partial charge in [-0.15, -0.1) is 0 Å². The minimum absolute atomic E-state index is 0.0747. The molecule has 0 radical (unpaired) electrons. The second-order valence-corrected chi connectivity index (χ2v) is 9.48. The van der Waals surface area contributed by atoms with E-state index in [1.165, 1.54) is 24.3 Å². The Morgan fingerprint density at radius 1 is 0.838 bits per heavy atom. The highest BCUT2D eigenvalue weighted by atomic mass is 19.1. The number of aliphatic carboxylic acids is 1. The third-order valence-electron chi connectivity index (χ3n) is 6.85. The van der Waals surface area contributed by atoms with Gasteiger partial charge in [0.2, 0.25) is 11.8 Å². The standard InChI is InChI=1S/C27H31FN4O5/c28-19-8-12-21(13-9-19)30-27(37)29-20-10-6-18(7-11-20)16-24(33)32-15-3-5-23(32)26(36)31-14-2-1-4-22(31)17-25(34)35/h6-13,22-23H,1-5,14-17H2,(H,34,35)(H2,29,30,37). The van der Waals surface area contributed by atoms with Gasteiger partial charge in [0.25, 0.3) is 0 Å². The third kappa shape index (κ3) is 6.84. The highest BCUT2D eigenvalue weighted by Gasteiger charge is 2.39. The second kappa shape index (κ2) is 11.9. The molecule has 0 saturated carbocycles. The second-order valence-electron chi connectivity index (χ2n) is 9.48. The van der Waals surface area contributed by atoms with Gasteiger partial charge < -0.3 is 25.5 Å². The first-order chi connectivity index (χ1) is 17.8. The minimum Gasteiger partial charge on any atom is -0.481 e. The number of carboxylic acid groups (broad SMARTS) is 1. The van der Waals surface area contributed by atoms with Crippen LogP contribution in [0.25, 0.3) is 0 Å². The number of piperidine rings is 1. The fraction of sp³-hybridized carbons (Fsp3) is 0.407. The quantitative estimate of drug-likeness (QED) is 0.523. The number of carbonyl (C=O) groups is 4. The zero-order valence-corrected chi connectivity index (χ0v) is 20.5. The van der Waals surface area contributed by atoms with Gasteiger partial charge in [-0.3, -0.25) is 14.4 Å². The summed E-state index contributed by atoms with van der Waals surface area (Å²) in [5.41, 5.74) is 1.73. The van der Waals surface area contributed by atoms with E-state index >= 15 is 0 Å². The lowest BCUT2D eigenvalue weighted by atomic mass is 9.98. The van der Waals surface area contributed by atoms with Crippen molar-refractivity contribution in [1.29, 1.82) is 0 Å². The van der Waals surface area contributed by atoms with Gasteiger partial charge in [0.15, 0.2) is 0 Å². The van der Waals surface area contributed by atoms with Gasteiger partial charge in [0, 0.05) is 30.5 Å². The zero-order valence-electron chi connectivity index (χ0n) is 20.5. The molecule has 2 fully saturated rings. The molecule has 2 heterocycles. The van der Waals surface area contributed by atoms with Gasteiger partial charge in [0.05, 0.1) is 12.8 Å². The molecule has 2 saturated heterocycles. The molecule has 2 unspecified atom stereocenters. The third-order valence-corrected chi connectivity index (χ3v) is 6.85. The van der Waals surface area contributed by atoms with Crippen LogP contribution < -0.4 is 10.6 Å². The Bertz CT molecular complexity index is 1140. The van der Waals surface area contributed by atoms with Crippen LogP contribution in [-0.2, 0) is 20.8 Å². The van der Waals surface area contributed by atoms with Crippen LogP contribution in [0.15, 0.2) is 48.5 Å². The summed E-state index contributed by atoms with van der Waals surface area (Å²) in [6.45, 7) is 1.02. The van der Waals surface area contributed by atoms with Gasteiger partial charge >= 0.3 is 12.0 Å². The van der Waals surface area contributed by atoms with Crippen molar-refractivity contribution in [3.8, 4) is 0 Å². The number of halogens is 1. The highest BCUT2D eigenvalue weighted by Crippen LogP contribution is 2.26. The monoisotopic (exact) mass is 510 g/mol. The molecule has 2 atom stereocenters. The number of anilines is 2. The first kappa shape index (κ1) is 26.1. The Kier molecular flexibility index (Phi) is 8.37. The van der Waals surface area contributed by atoms with Crippen LogP contribution in [0.4, 0.5) is 20.6 Å². The Morgan fingerprint density at radius 2 is 1.46 bits per heavy atom. The van der Waals surface area contributed by atoms with Gasteiger partial charge in [0.1, 0.15) is 11.9 Å². The molecule has 4 amide bonds. The molecule has 0 bridgehead atoms. The first-order valence-corrected chi connectivity index (χ1v) is 12.5. The molecule has 0 aliphatic carbocycles. The van der Waals surface area contributed by atoms with Crippen LogP contribution in [-0.4, -0.2) is 63.9 Å². The number of carbonyl (C=O) groups excluding carboxylic acids is 3. The van der Waals surface area contributed by atoms with Crippen LogP contribution >= 0.6 is 0 Å². The molecule has 4 rings (SSSR count). The lowest BCUT2D eigenvalue weighted by molar-refractivity contribution is -0.148. The molecule has 2 aliphatic heterocycles. The Morgan fingerprint density at radius 3 is 2.11 bits per heavy atom. The molecule has 196 valence electrons. The van der Waals surface area contributed by atoms with E-state index in [1.54, 1.807) is 34.1 Å². The fourth-order valence-corrected chi connectivity index (χ4v) is 5.03. The highest BCUT2D eigenvalue weighted by molar-refractivity contribution is 5.99. The van der Waals surface area contributed by atoms with E-state index in [0.717, 1.165) is 24.8 Å². The normalized spacial score (nSPS) is 19.4. The average Bonchev–Trinajstić information content (AvgIpc) is 3.36. The average molecular weight is 511 g/mol. The van der Waals surface area contributed by atoms with E-state index in [-0.39, 0.29) is 30.7 Å². The van der Waals surface area contributed by atoms with Crippen molar-refractivity contribution in [1.82, 2.24) is 9.80 Å². The van der Waals surface area contributed by atoms with E-state index < -0.39 is 23.9 Å². The van der Waals surface area contributed by atoms with Crippen molar-refractivity contribution in [2.45, 2.75) is 57.0 Å². The predicted molar refractivity (Wildman–Crippen MR) is 136 cm³/mol. The summed E-state index contributed by atoms with van der Waals surface area (Å²) in [5.74, 6) is -1.62. The Balaban J connectivity index is 1.33. The SMILES string of the molecule is O=C(O)CC1CCCCN1C(=O)C1CCCN1C(=O)Cc1ccc(NC(=O)Nc2ccc(F)cc2)cc1. The van der Waals surface area contributed by atoms with E-state index in [2.05, 4.69) is 10.6 Å². The maximum atomic E-state index is 13.3. The molecule has 0 aromatic heterocycles. The lowest BCUT2D eigenvalue weighted by Crippen LogP contribution is -2.53. The van der Waals surface area contributed by atoms with Gasteiger partial charge in [-0.05, 0) is 74.1 Å². The van der Waals surface area contributed by atoms with Crippen molar-refractivity contribution in [3.63, 3.8) is 0 Å². The van der Waals surface area contributed by atoms with E-state index in [4.69, 9.17) is 0 Å². The molecule has 2 aromatic rings. The van der Waals surface area contributed by atoms with Crippen LogP contribution in [0.1, 0.15) is 44.1 Å². The lowest BCUT2D eigenvalue weighted by Gasteiger charge is -2.38. The maximum absolute atomic E-state index is 13.3. The molecule has 3 N–H and O–H groups in total. The van der Waals surface area contributed by atoms with Crippen molar-refractivity contribution >= 4 is 35.2 Å². The molecular formula is C27H31FN4O5. The summed E-state index contributed by atoms with van der Waals surface area (Å²) in [4.78, 5) is 53.2. The number of rotatable bonds is 7. The smallest absolute Gasteiger partial charge is 0.323 e. The van der Waals surface area contributed by atoms with E-state index in [0.29, 0.717) is 37.3 Å². The van der Waals surface area contributed by atoms with Crippen molar-refractivity contribution in [2.24, 2.45) is 0 Å². The molecular weight excluding hydrogens is 479 g/mol. The number of nitrogens with one attached hydrogen (secondary N) is 2. The molecule has 10 heteroatoms. The number of urea groups is 1. The molecule has 9 nitrogen and oxygen atoms in total. The van der Waals surface area contributed by atoms with Gasteiger partial charge in [-0.2, -0.15) is 0 Å².